The highest BCUT2D eigenvalue weighted by atomic mass is 35.5. The molecule has 25 heavy (non-hydrogen) atoms. The Hall–Kier alpha value is -3.20. The summed E-state index contributed by atoms with van der Waals surface area (Å²) in [6.45, 7) is 0.427. The molecule has 3 rings (SSSR count). The fraction of sp³-hybridized carbons (Fsp3) is 0.133. The van der Waals surface area contributed by atoms with Crippen LogP contribution in [0.2, 0.25) is 5.02 Å². The topological polar surface area (TPSA) is 115 Å². The average Bonchev–Trinajstić information content (AvgIpc) is 3.13. The molecule has 0 atom stereocenters. The Balaban J connectivity index is 1.73. The Morgan fingerprint density at radius 2 is 2.16 bits per heavy atom. The maximum atomic E-state index is 12.2. The van der Waals surface area contributed by atoms with Crippen molar-refractivity contribution in [2.75, 3.05) is 5.32 Å². The standard InChI is InChI=1S/C15H13ClN6O3/c1-21-12(14(24)25)11(6-18-21)13(23)19-15-17-8-22(20-15)7-9-3-2-4-10(16)5-9/h2-6,8H,7H2,1H3,(H,24,25)(H,19,20,23). The van der Waals surface area contributed by atoms with Gasteiger partial charge in [-0.1, -0.05) is 23.7 Å². The molecule has 0 aliphatic carbocycles. The predicted octanol–water partition coefficient (Wildman–Crippen LogP) is 1.66. The van der Waals surface area contributed by atoms with Crippen LogP contribution in [0.3, 0.4) is 0 Å². The smallest absolute Gasteiger partial charge is 0.354 e. The molecule has 1 aromatic carbocycles. The van der Waals surface area contributed by atoms with Gasteiger partial charge in [0.1, 0.15) is 6.33 Å². The summed E-state index contributed by atoms with van der Waals surface area (Å²) in [5, 5.41) is 20.2. The van der Waals surface area contributed by atoms with E-state index in [1.54, 1.807) is 12.1 Å². The number of carboxylic acid groups (broad SMARTS) is 1. The van der Waals surface area contributed by atoms with Gasteiger partial charge in [0.15, 0.2) is 5.69 Å². The summed E-state index contributed by atoms with van der Waals surface area (Å²) < 4.78 is 2.64. The largest absolute Gasteiger partial charge is 0.477 e. The molecule has 2 aromatic heterocycles. The predicted molar refractivity (Wildman–Crippen MR) is 88.7 cm³/mol. The van der Waals surface area contributed by atoms with Crippen LogP contribution in [0.5, 0.6) is 0 Å². The van der Waals surface area contributed by atoms with E-state index >= 15 is 0 Å². The van der Waals surface area contributed by atoms with Gasteiger partial charge in [0, 0.05) is 12.1 Å². The van der Waals surface area contributed by atoms with Crippen LogP contribution in [0.25, 0.3) is 0 Å². The molecular formula is C15H13ClN6O3. The lowest BCUT2D eigenvalue weighted by Gasteiger charge is -2.02. The number of hydrogen-bond donors (Lipinski definition) is 2. The van der Waals surface area contributed by atoms with Crippen LogP contribution in [0.1, 0.15) is 26.4 Å². The molecule has 0 bridgehead atoms. The van der Waals surface area contributed by atoms with Crippen molar-refractivity contribution in [1.82, 2.24) is 24.5 Å². The lowest BCUT2D eigenvalue weighted by Crippen LogP contribution is -2.18. The maximum Gasteiger partial charge on any atom is 0.354 e. The minimum Gasteiger partial charge on any atom is -0.477 e. The van der Waals surface area contributed by atoms with Gasteiger partial charge in [-0.05, 0) is 17.7 Å². The van der Waals surface area contributed by atoms with E-state index in [0.29, 0.717) is 11.6 Å². The minimum absolute atomic E-state index is 0.0622. The first-order chi connectivity index (χ1) is 11.9. The number of carbonyl (C=O) groups excluding carboxylic acids is 1. The van der Waals surface area contributed by atoms with Crippen molar-refractivity contribution in [3.05, 3.63) is 58.6 Å². The van der Waals surface area contributed by atoms with E-state index in [4.69, 9.17) is 16.7 Å². The van der Waals surface area contributed by atoms with E-state index < -0.39 is 11.9 Å². The van der Waals surface area contributed by atoms with Crippen molar-refractivity contribution in [3.63, 3.8) is 0 Å². The van der Waals surface area contributed by atoms with E-state index in [-0.39, 0.29) is 17.2 Å². The lowest BCUT2D eigenvalue weighted by atomic mass is 10.2. The van der Waals surface area contributed by atoms with Crippen LogP contribution < -0.4 is 5.32 Å². The van der Waals surface area contributed by atoms with Crippen LogP contribution in [0, 0.1) is 0 Å². The SMILES string of the molecule is Cn1ncc(C(=O)Nc2ncn(Cc3cccc(Cl)c3)n2)c1C(=O)O. The Morgan fingerprint density at radius 3 is 2.88 bits per heavy atom. The number of anilines is 1. The van der Waals surface area contributed by atoms with E-state index in [2.05, 4.69) is 20.5 Å². The Morgan fingerprint density at radius 1 is 1.36 bits per heavy atom. The van der Waals surface area contributed by atoms with E-state index in [0.717, 1.165) is 10.2 Å². The first kappa shape index (κ1) is 16.7. The molecule has 0 saturated carbocycles. The number of halogens is 1. The summed E-state index contributed by atoms with van der Waals surface area (Å²) >= 11 is 5.94. The first-order valence-electron chi connectivity index (χ1n) is 7.14. The molecule has 1 amide bonds. The Bertz CT molecular complexity index is 948. The lowest BCUT2D eigenvalue weighted by molar-refractivity contribution is 0.0680. The molecule has 2 heterocycles. The highest BCUT2D eigenvalue weighted by Gasteiger charge is 2.22. The van der Waals surface area contributed by atoms with Gasteiger partial charge >= 0.3 is 5.97 Å². The number of hydrogen-bond acceptors (Lipinski definition) is 5. The molecule has 10 heteroatoms. The monoisotopic (exact) mass is 360 g/mol. The van der Waals surface area contributed by atoms with E-state index in [9.17, 15) is 9.59 Å². The van der Waals surface area contributed by atoms with E-state index in [1.165, 1.54) is 24.3 Å². The molecule has 0 radical (unpaired) electrons. The van der Waals surface area contributed by atoms with Gasteiger partial charge < -0.3 is 5.11 Å². The molecule has 3 aromatic rings. The number of benzene rings is 1. The fourth-order valence-corrected chi connectivity index (χ4v) is 2.49. The van der Waals surface area contributed by atoms with Crippen LogP contribution in [-0.2, 0) is 13.6 Å². The highest BCUT2D eigenvalue weighted by Crippen LogP contribution is 2.13. The van der Waals surface area contributed by atoms with Crippen LogP contribution in [0.4, 0.5) is 5.95 Å². The zero-order chi connectivity index (χ0) is 18.0. The van der Waals surface area contributed by atoms with E-state index in [1.807, 2.05) is 12.1 Å². The van der Waals surface area contributed by atoms with Crippen molar-refractivity contribution in [1.29, 1.82) is 0 Å². The van der Waals surface area contributed by atoms with Crippen molar-refractivity contribution in [3.8, 4) is 0 Å². The number of aromatic nitrogens is 5. The van der Waals surface area contributed by atoms with Gasteiger partial charge in [0.2, 0.25) is 5.95 Å². The number of carbonyl (C=O) groups is 2. The summed E-state index contributed by atoms with van der Waals surface area (Å²) in [4.78, 5) is 27.4. The Labute approximate surface area is 146 Å². The number of rotatable bonds is 5. The normalized spacial score (nSPS) is 10.6. The first-order valence-corrected chi connectivity index (χ1v) is 7.52. The third-order valence-corrected chi connectivity index (χ3v) is 3.62. The second-order valence-electron chi connectivity index (χ2n) is 5.19. The third-order valence-electron chi connectivity index (χ3n) is 3.38. The zero-order valence-electron chi connectivity index (χ0n) is 13.0. The van der Waals surface area contributed by atoms with Crippen molar-refractivity contribution >= 4 is 29.4 Å². The molecule has 0 unspecified atom stereocenters. The number of nitrogens with one attached hydrogen (secondary N) is 1. The van der Waals surface area contributed by atoms with Crippen molar-refractivity contribution < 1.29 is 14.7 Å². The molecule has 0 saturated heterocycles. The van der Waals surface area contributed by atoms with Gasteiger partial charge in [-0.25, -0.2) is 14.5 Å². The second kappa shape index (κ2) is 6.73. The number of carboxylic acids is 1. The van der Waals surface area contributed by atoms with Crippen LogP contribution >= 0.6 is 11.6 Å². The van der Waals surface area contributed by atoms with Gasteiger partial charge in [0.25, 0.3) is 5.91 Å². The maximum absolute atomic E-state index is 12.2. The molecule has 0 aliphatic rings. The minimum atomic E-state index is -1.25. The van der Waals surface area contributed by atoms with Gasteiger partial charge in [-0.15, -0.1) is 5.10 Å². The molecule has 0 aliphatic heterocycles. The summed E-state index contributed by atoms with van der Waals surface area (Å²) in [5.41, 5.74) is 0.646. The van der Waals surface area contributed by atoms with Crippen LogP contribution in [-0.4, -0.2) is 41.5 Å². The highest BCUT2D eigenvalue weighted by molar-refractivity contribution is 6.30. The molecule has 2 N–H and O–H groups in total. The number of nitrogens with zero attached hydrogens (tertiary/aromatic N) is 5. The molecule has 0 spiro atoms. The van der Waals surface area contributed by atoms with Gasteiger partial charge in [-0.3, -0.25) is 14.8 Å². The summed E-state index contributed by atoms with van der Waals surface area (Å²) in [6, 6.07) is 7.29. The Kier molecular flexibility index (Phi) is 4.48. The van der Waals surface area contributed by atoms with Gasteiger partial charge in [0.05, 0.1) is 18.3 Å². The molecule has 9 nitrogen and oxygen atoms in total. The third kappa shape index (κ3) is 3.66. The number of aromatic carboxylic acids is 1. The summed E-state index contributed by atoms with van der Waals surface area (Å²) in [5.74, 6) is -1.83. The zero-order valence-corrected chi connectivity index (χ0v) is 13.8. The van der Waals surface area contributed by atoms with Gasteiger partial charge in [-0.2, -0.15) is 5.10 Å². The summed E-state index contributed by atoms with van der Waals surface area (Å²) in [6.07, 6.45) is 2.64. The fourth-order valence-electron chi connectivity index (χ4n) is 2.28. The second-order valence-corrected chi connectivity index (χ2v) is 5.62. The van der Waals surface area contributed by atoms with Crippen molar-refractivity contribution in [2.45, 2.75) is 6.54 Å². The molecule has 128 valence electrons. The van der Waals surface area contributed by atoms with Crippen LogP contribution in [0.15, 0.2) is 36.8 Å². The molecular weight excluding hydrogens is 348 g/mol. The number of amides is 1. The molecule has 0 fully saturated rings. The average molecular weight is 361 g/mol. The summed E-state index contributed by atoms with van der Waals surface area (Å²) in [7, 11) is 1.44. The quantitative estimate of drug-likeness (QED) is 0.715. The number of aryl methyl sites for hydroxylation is 1. The van der Waals surface area contributed by atoms with Crippen molar-refractivity contribution in [2.24, 2.45) is 7.05 Å².